The summed E-state index contributed by atoms with van der Waals surface area (Å²) in [6.45, 7) is 13.6. The summed E-state index contributed by atoms with van der Waals surface area (Å²) in [4.78, 5) is 11.3. The largest absolute Gasteiger partial charge is 0.478 e. The topological polar surface area (TPSA) is 37.3 Å². The Balaban J connectivity index is 1.95. The fourth-order valence-corrected chi connectivity index (χ4v) is 4.89. The Morgan fingerprint density at radius 1 is 1.03 bits per heavy atom. The molecule has 1 atom stereocenters. The molecule has 166 valence electrons. The Bertz CT molecular complexity index is 978. The number of rotatable bonds is 7. The summed E-state index contributed by atoms with van der Waals surface area (Å²) < 4.78 is 0. The van der Waals surface area contributed by atoms with E-state index < -0.39 is 5.97 Å². The number of hydrogen-bond donors (Lipinski definition) is 1. The van der Waals surface area contributed by atoms with Gasteiger partial charge in [0.05, 0.1) is 5.56 Å². The lowest BCUT2D eigenvalue weighted by molar-refractivity contribution is 0.0696. The Labute approximate surface area is 188 Å². The van der Waals surface area contributed by atoms with Crippen LogP contribution in [-0.4, -0.2) is 11.1 Å². The lowest BCUT2D eigenvalue weighted by Gasteiger charge is -2.42. The Morgan fingerprint density at radius 3 is 2.32 bits per heavy atom. The van der Waals surface area contributed by atoms with Gasteiger partial charge in [0.1, 0.15) is 0 Å². The third kappa shape index (κ3) is 5.11. The van der Waals surface area contributed by atoms with Crippen LogP contribution in [0.1, 0.15) is 111 Å². The number of allylic oxidation sites excluding steroid dienone is 1. The molecule has 0 amide bonds. The standard InChI is InChI=1S/C29H38O2/c1-7-8-9-22(12-10-21-11-14-24(27(30)31)20(2)18-21)23-13-15-25-26(19-23)29(5,6)17-16-28(25,3)4/h10-15,18-19,22H,7-9,16-17H2,1-6H3,(H,30,31). The van der Waals surface area contributed by atoms with Gasteiger partial charge in [-0.15, -0.1) is 0 Å². The third-order valence-corrected chi connectivity index (χ3v) is 7.18. The molecule has 2 aromatic rings. The first-order valence-electron chi connectivity index (χ1n) is 11.7. The lowest BCUT2D eigenvalue weighted by atomic mass is 9.62. The fraction of sp³-hybridized carbons (Fsp3) is 0.483. The van der Waals surface area contributed by atoms with Gasteiger partial charge in [0, 0.05) is 5.92 Å². The van der Waals surface area contributed by atoms with Crippen molar-refractivity contribution in [2.45, 2.75) is 90.4 Å². The van der Waals surface area contributed by atoms with Crippen molar-refractivity contribution >= 4 is 12.0 Å². The first-order valence-corrected chi connectivity index (χ1v) is 11.7. The number of aryl methyl sites for hydroxylation is 1. The SMILES string of the molecule is CCCCC(C=Cc1ccc(C(=O)O)c(C)c1)c1ccc2c(c1)C(C)(C)CCC2(C)C. The molecule has 0 spiro atoms. The summed E-state index contributed by atoms with van der Waals surface area (Å²) in [5, 5.41) is 9.28. The van der Waals surface area contributed by atoms with E-state index in [9.17, 15) is 9.90 Å². The quantitative estimate of drug-likeness (QED) is 0.494. The van der Waals surface area contributed by atoms with Gasteiger partial charge in [-0.2, -0.15) is 0 Å². The van der Waals surface area contributed by atoms with Gasteiger partial charge in [0.15, 0.2) is 0 Å². The molecule has 0 saturated carbocycles. The van der Waals surface area contributed by atoms with Gasteiger partial charge < -0.3 is 5.11 Å². The van der Waals surface area contributed by atoms with Crippen LogP contribution in [0.15, 0.2) is 42.5 Å². The van der Waals surface area contributed by atoms with Gasteiger partial charge in [-0.3, -0.25) is 0 Å². The van der Waals surface area contributed by atoms with E-state index in [1.165, 1.54) is 42.4 Å². The van der Waals surface area contributed by atoms with Gasteiger partial charge in [-0.1, -0.05) is 89.9 Å². The van der Waals surface area contributed by atoms with Crippen molar-refractivity contribution in [2.75, 3.05) is 0 Å². The summed E-state index contributed by atoms with van der Waals surface area (Å²) in [7, 11) is 0. The maximum atomic E-state index is 11.3. The van der Waals surface area contributed by atoms with Gasteiger partial charge >= 0.3 is 5.97 Å². The van der Waals surface area contributed by atoms with Crippen LogP contribution in [-0.2, 0) is 10.8 Å². The number of carboxylic acids is 1. The smallest absolute Gasteiger partial charge is 0.335 e. The molecule has 1 N–H and O–H groups in total. The molecule has 0 aromatic heterocycles. The van der Waals surface area contributed by atoms with Gasteiger partial charge in [-0.05, 0) is 70.9 Å². The minimum atomic E-state index is -0.867. The Morgan fingerprint density at radius 2 is 1.71 bits per heavy atom. The summed E-state index contributed by atoms with van der Waals surface area (Å²) in [5.41, 5.74) is 7.10. The van der Waals surface area contributed by atoms with E-state index in [4.69, 9.17) is 0 Å². The van der Waals surface area contributed by atoms with Crippen LogP contribution in [0.2, 0.25) is 0 Å². The average Bonchev–Trinajstić information content (AvgIpc) is 2.71. The molecule has 0 aliphatic heterocycles. The molecule has 1 unspecified atom stereocenters. The Kier molecular flexibility index (Phi) is 6.79. The number of unbranched alkanes of at least 4 members (excludes halogenated alkanes) is 1. The summed E-state index contributed by atoms with van der Waals surface area (Å²) in [6.07, 6.45) is 10.4. The van der Waals surface area contributed by atoms with Gasteiger partial charge in [0.2, 0.25) is 0 Å². The normalized spacial score (nSPS) is 18.0. The molecule has 0 bridgehead atoms. The van der Waals surface area contributed by atoms with E-state index in [2.05, 4.69) is 65.0 Å². The molecule has 2 nitrogen and oxygen atoms in total. The molecule has 31 heavy (non-hydrogen) atoms. The van der Waals surface area contributed by atoms with E-state index in [1.54, 1.807) is 6.07 Å². The Hall–Kier alpha value is -2.35. The van der Waals surface area contributed by atoms with Crippen molar-refractivity contribution in [2.24, 2.45) is 0 Å². The number of carbonyl (C=O) groups is 1. The van der Waals surface area contributed by atoms with Crippen LogP contribution < -0.4 is 0 Å². The summed E-state index contributed by atoms with van der Waals surface area (Å²) >= 11 is 0. The number of carboxylic acid groups (broad SMARTS) is 1. The van der Waals surface area contributed by atoms with E-state index in [-0.39, 0.29) is 10.8 Å². The van der Waals surface area contributed by atoms with Crippen molar-refractivity contribution < 1.29 is 9.90 Å². The van der Waals surface area contributed by atoms with Crippen LogP contribution in [0, 0.1) is 6.92 Å². The zero-order valence-electron chi connectivity index (χ0n) is 20.1. The predicted octanol–water partition coefficient (Wildman–Crippen LogP) is 8.03. The molecular weight excluding hydrogens is 380 g/mol. The first kappa shape index (κ1) is 23.3. The molecule has 2 heteroatoms. The van der Waals surface area contributed by atoms with Gasteiger partial charge in [0.25, 0.3) is 0 Å². The zero-order valence-corrected chi connectivity index (χ0v) is 20.1. The van der Waals surface area contributed by atoms with Crippen molar-refractivity contribution in [1.82, 2.24) is 0 Å². The van der Waals surface area contributed by atoms with E-state index in [0.717, 1.165) is 17.5 Å². The van der Waals surface area contributed by atoms with Crippen LogP contribution in [0.4, 0.5) is 0 Å². The second-order valence-corrected chi connectivity index (χ2v) is 10.6. The average molecular weight is 419 g/mol. The van der Waals surface area contributed by atoms with E-state index >= 15 is 0 Å². The van der Waals surface area contributed by atoms with Crippen LogP contribution in [0.3, 0.4) is 0 Å². The predicted molar refractivity (Wildman–Crippen MR) is 131 cm³/mol. The molecule has 0 saturated heterocycles. The summed E-state index contributed by atoms with van der Waals surface area (Å²) in [5.74, 6) is -0.501. The van der Waals surface area contributed by atoms with Crippen molar-refractivity contribution in [3.8, 4) is 0 Å². The van der Waals surface area contributed by atoms with Crippen molar-refractivity contribution in [3.63, 3.8) is 0 Å². The summed E-state index contributed by atoms with van der Waals surface area (Å²) in [6, 6.07) is 12.8. The number of aromatic carboxylic acids is 1. The van der Waals surface area contributed by atoms with Gasteiger partial charge in [-0.25, -0.2) is 4.79 Å². The highest BCUT2D eigenvalue weighted by Crippen LogP contribution is 2.46. The van der Waals surface area contributed by atoms with Crippen LogP contribution in [0.5, 0.6) is 0 Å². The highest BCUT2D eigenvalue weighted by atomic mass is 16.4. The molecule has 1 aliphatic rings. The first-order chi connectivity index (χ1) is 14.5. The minimum Gasteiger partial charge on any atom is -0.478 e. The van der Waals surface area contributed by atoms with E-state index in [1.807, 2.05) is 19.1 Å². The highest BCUT2D eigenvalue weighted by Gasteiger charge is 2.37. The highest BCUT2D eigenvalue weighted by molar-refractivity contribution is 5.89. The maximum Gasteiger partial charge on any atom is 0.335 e. The molecule has 0 fully saturated rings. The lowest BCUT2D eigenvalue weighted by Crippen LogP contribution is -2.34. The minimum absolute atomic E-state index is 0.212. The molecule has 2 aromatic carbocycles. The molecular formula is C29H38O2. The fourth-order valence-electron chi connectivity index (χ4n) is 4.89. The second-order valence-electron chi connectivity index (χ2n) is 10.6. The van der Waals surface area contributed by atoms with E-state index in [0.29, 0.717) is 11.5 Å². The molecule has 0 heterocycles. The third-order valence-electron chi connectivity index (χ3n) is 7.18. The van der Waals surface area contributed by atoms with Crippen molar-refractivity contribution in [3.05, 3.63) is 75.9 Å². The zero-order chi connectivity index (χ0) is 22.8. The molecule has 3 rings (SSSR count). The molecule has 1 aliphatic carbocycles. The number of benzene rings is 2. The number of hydrogen-bond acceptors (Lipinski definition) is 1. The van der Waals surface area contributed by atoms with Crippen LogP contribution >= 0.6 is 0 Å². The number of fused-ring (bicyclic) bond motifs is 1. The van der Waals surface area contributed by atoms with Crippen LogP contribution in [0.25, 0.3) is 6.08 Å². The molecule has 0 radical (unpaired) electrons. The second kappa shape index (κ2) is 9.02. The monoisotopic (exact) mass is 418 g/mol. The maximum absolute atomic E-state index is 11.3. The van der Waals surface area contributed by atoms with Crippen molar-refractivity contribution in [1.29, 1.82) is 0 Å².